The number of hydrogen-bond donors (Lipinski definition) is 2. The summed E-state index contributed by atoms with van der Waals surface area (Å²) in [5.41, 5.74) is -0.221. The molecular weight excluding hydrogens is 276 g/mol. The number of nitrogens with one attached hydrogen (secondary N) is 2. The molecule has 1 fully saturated rings. The van der Waals surface area contributed by atoms with Crippen LogP contribution in [0.25, 0.3) is 0 Å². The molecule has 114 valence electrons. The van der Waals surface area contributed by atoms with E-state index in [-0.39, 0.29) is 35.8 Å². The van der Waals surface area contributed by atoms with Crippen LogP contribution in [0, 0.1) is 10.1 Å². The Morgan fingerprint density at radius 3 is 2.81 bits per heavy atom. The zero-order chi connectivity index (χ0) is 15.4. The van der Waals surface area contributed by atoms with Gasteiger partial charge < -0.3 is 15.5 Å². The highest BCUT2D eigenvalue weighted by Gasteiger charge is 2.28. The maximum Gasteiger partial charge on any atom is 0.353 e. The number of amides is 1. The summed E-state index contributed by atoms with van der Waals surface area (Å²) < 4.78 is 0. The topological polar surface area (TPSA) is 113 Å². The normalized spacial score (nSPS) is 13.6. The summed E-state index contributed by atoms with van der Waals surface area (Å²) in [5, 5.41) is 16.9. The molecule has 0 aromatic carbocycles. The van der Waals surface area contributed by atoms with Crippen molar-refractivity contribution in [3.8, 4) is 0 Å². The highest BCUT2D eigenvalue weighted by Crippen LogP contribution is 2.30. The van der Waals surface area contributed by atoms with Crippen LogP contribution in [0.4, 0.5) is 17.3 Å². The number of aromatic nitrogens is 2. The first-order chi connectivity index (χ1) is 10.0. The first-order valence-electron chi connectivity index (χ1n) is 6.76. The third-order valence-corrected chi connectivity index (χ3v) is 3.01. The molecule has 0 atom stereocenters. The molecule has 9 nitrogen and oxygen atoms in total. The zero-order valence-electron chi connectivity index (χ0n) is 12.0. The van der Waals surface area contributed by atoms with Gasteiger partial charge in [-0.1, -0.05) is 0 Å². The number of nitrogens with zero attached hydrogens (tertiary/aromatic N) is 4. The van der Waals surface area contributed by atoms with E-state index in [0.717, 1.165) is 12.8 Å². The van der Waals surface area contributed by atoms with Crippen molar-refractivity contribution in [2.75, 3.05) is 30.4 Å². The largest absolute Gasteiger partial charge is 0.364 e. The Hall–Kier alpha value is -2.45. The van der Waals surface area contributed by atoms with Crippen LogP contribution in [0.5, 0.6) is 0 Å². The second-order valence-corrected chi connectivity index (χ2v) is 4.88. The van der Waals surface area contributed by atoms with Crippen molar-refractivity contribution in [2.24, 2.45) is 0 Å². The van der Waals surface area contributed by atoms with Crippen molar-refractivity contribution in [2.45, 2.75) is 25.8 Å². The Morgan fingerprint density at radius 2 is 2.24 bits per heavy atom. The van der Waals surface area contributed by atoms with Crippen molar-refractivity contribution >= 4 is 23.2 Å². The number of nitro groups is 1. The van der Waals surface area contributed by atoms with Crippen LogP contribution >= 0.6 is 0 Å². The molecule has 1 saturated carbocycles. The Kier molecular flexibility index (Phi) is 4.51. The van der Waals surface area contributed by atoms with Crippen molar-refractivity contribution in [3.05, 3.63) is 16.4 Å². The minimum atomic E-state index is -0.539. The van der Waals surface area contributed by atoms with Gasteiger partial charge in [0.15, 0.2) is 0 Å². The summed E-state index contributed by atoms with van der Waals surface area (Å²) in [5.74, 6) is 0.108. The summed E-state index contributed by atoms with van der Waals surface area (Å²) >= 11 is 0. The predicted octanol–water partition coefficient (Wildman–Crippen LogP) is 0.531. The van der Waals surface area contributed by atoms with Gasteiger partial charge in [0.05, 0.1) is 11.5 Å². The van der Waals surface area contributed by atoms with Gasteiger partial charge >= 0.3 is 5.69 Å². The predicted molar refractivity (Wildman–Crippen MR) is 77.3 cm³/mol. The summed E-state index contributed by atoms with van der Waals surface area (Å²) in [7, 11) is 1.59. The molecule has 1 aliphatic rings. The molecule has 9 heteroatoms. The molecule has 0 spiro atoms. The molecule has 2 N–H and O–H groups in total. The third kappa shape index (κ3) is 3.77. The number of rotatable bonds is 7. The molecule has 1 aliphatic carbocycles. The van der Waals surface area contributed by atoms with Gasteiger partial charge in [-0.25, -0.2) is 9.97 Å². The summed E-state index contributed by atoms with van der Waals surface area (Å²) in [6, 6.07) is 0.253. The number of carbonyl (C=O) groups excluding carboxylic acids is 1. The maximum absolute atomic E-state index is 11.8. The minimum absolute atomic E-state index is 0.0138. The van der Waals surface area contributed by atoms with Gasteiger partial charge in [-0.15, -0.1) is 0 Å². The molecule has 0 aliphatic heterocycles. The molecule has 21 heavy (non-hydrogen) atoms. The van der Waals surface area contributed by atoms with Crippen LogP contribution in [-0.2, 0) is 4.79 Å². The van der Waals surface area contributed by atoms with E-state index in [1.54, 1.807) is 7.05 Å². The second kappa shape index (κ2) is 6.33. The number of hydrogen-bond acceptors (Lipinski definition) is 7. The summed E-state index contributed by atoms with van der Waals surface area (Å²) in [6.07, 6.45) is 3.23. The number of likely N-dealkylation sites (N-methyl/N-ethyl adjacent to an activating group) is 1. The van der Waals surface area contributed by atoms with Crippen molar-refractivity contribution in [3.63, 3.8) is 0 Å². The average molecular weight is 294 g/mol. The fraction of sp³-hybridized carbons (Fsp3) is 0.583. The molecule has 1 aromatic rings. The molecule has 0 saturated heterocycles. The monoisotopic (exact) mass is 294 g/mol. The Labute approximate surface area is 121 Å². The molecule has 1 aromatic heterocycles. The van der Waals surface area contributed by atoms with Crippen LogP contribution in [0.1, 0.15) is 19.8 Å². The van der Waals surface area contributed by atoms with E-state index in [0.29, 0.717) is 6.54 Å². The van der Waals surface area contributed by atoms with Crippen LogP contribution in [0.15, 0.2) is 6.33 Å². The van der Waals surface area contributed by atoms with E-state index < -0.39 is 4.92 Å². The Balaban J connectivity index is 2.18. The van der Waals surface area contributed by atoms with E-state index >= 15 is 0 Å². The highest BCUT2D eigenvalue weighted by atomic mass is 16.6. The summed E-state index contributed by atoms with van der Waals surface area (Å²) in [4.78, 5) is 31.8. The van der Waals surface area contributed by atoms with Gasteiger partial charge in [0.2, 0.25) is 17.5 Å². The third-order valence-electron chi connectivity index (χ3n) is 3.01. The molecule has 0 bridgehead atoms. The van der Waals surface area contributed by atoms with Crippen molar-refractivity contribution in [1.29, 1.82) is 0 Å². The first-order valence-corrected chi connectivity index (χ1v) is 6.76. The fourth-order valence-electron chi connectivity index (χ4n) is 1.91. The quantitative estimate of drug-likeness (QED) is 0.557. The van der Waals surface area contributed by atoms with Crippen molar-refractivity contribution in [1.82, 2.24) is 15.3 Å². The van der Waals surface area contributed by atoms with Gasteiger partial charge in [0, 0.05) is 19.6 Å². The van der Waals surface area contributed by atoms with Crippen LogP contribution < -0.4 is 15.5 Å². The molecular formula is C12H18N6O3. The first kappa shape index (κ1) is 14.9. The lowest BCUT2D eigenvalue weighted by molar-refractivity contribution is -0.383. The smallest absolute Gasteiger partial charge is 0.353 e. The van der Waals surface area contributed by atoms with Gasteiger partial charge in [-0.05, 0) is 19.8 Å². The van der Waals surface area contributed by atoms with E-state index in [4.69, 9.17) is 0 Å². The highest BCUT2D eigenvalue weighted by molar-refractivity contribution is 5.83. The molecule has 0 radical (unpaired) electrons. The average Bonchev–Trinajstić information content (AvgIpc) is 3.22. The van der Waals surface area contributed by atoms with Crippen molar-refractivity contribution < 1.29 is 9.72 Å². The summed E-state index contributed by atoms with van der Waals surface area (Å²) in [6.45, 7) is 2.33. The SMILES string of the molecule is CCNc1ncnc(N(C)CC(=O)NC2CC2)c1[N+](=O)[O-]. The molecule has 1 heterocycles. The fourth-order valence-corrected chi connectivity index (χ4v) is 1.91. The van der Waals surface area contributed by atoms with Gasteiger partial charge in [0.25, 0.3) is 0 Å². The lowest BCUT2D eigenvalue weighted by Gasteiger charge is -2.18. The zero-order valence-corrected chi connectivity index (χ0v) is 12.0. The van der Waals surface area contributed by atoms with Crippen LogP contribution in [0.3, 0.4) is 0 Å². The minimum Gasteiger partial charge on any atom is -0.364 e. The molecule has 2 rings (SSSR count). The maximum atomic E-state index is 11.8. The molecule has 0 unspecified atom stereocenters. The molecule has 1 amide bonds. The number of anilines is 2. The van der Waals surface area contributed by atoms with E-state index in [9.17, 15) is 14.9 Å². The lowest BCUT2D eigenvalue weighted by Crippen LogP contribution is -2.36. The Morgan fingerprint density at radius 1 is 1.52 bits per heavy atom. The van der Waals surface area contributed by atoms with E-state index in [1.165, 1.54) is 11.2 Å². The van der Waals surface area contributed by atoms with E-state index in [1.807, 2.05) is 6.92 Å². The van der Waals surface area contributed by atoms with Gasteiger partial charge in [0.1, 0.15) is 6.33 Å². The van der Waals surface area contributed by atoms with Gasteiger partial charge in [-0.3, -0.25) is 14.9 Å². The second-order valence-electron chi connectivity index (χ2n) is 4.88. The van der Waals surface area contributed by atoms with Crippen LogP contribution in [0.2, 0.25) is 0 Å². The standard InChI is InChI=1S/C12H18N6O3/c1-3-13-11-10(18(20)21)12(15-7-14-11)17(2)6-9(19)16-8-4-5-8/h7-8H,3-6H2,1-2H3,(H,16,19)(H,13,14,15). The Bertz CT molecular complexity index is 546. The van der Waals surface area contributed by atoms with E-state index in [2.05, 4.69) is 20.6 Å². The van der Waals surface area contributed by atoms with Crippen LogP contribution in [-0.4, -0.2) is 47.0 Å². The van der Waals surface area contributed by atoms with Gasteiger partial charge in [-0.2, -0.15) is 0 Å². The lowest BCUT2D eigenvalue weighted by atomic mass is 10.3. The number of carbonyl (C=O) groups is 1.